The number of para-hydroxylation sites is 1. The molecular formula is C14H7BrN2O2S. The SMILES string of the molecule is N#C[C@H](C(=O)c1occc1Br)c1nc2ccccc2s1. The third kappa shape index (κ3) is 2.15. The molecule has 98 valence electrons. The van der Waals surface area contributed by atoms with Crippen LogP contribution in [-0.4, -0.2) is 10.8 Å². The lowest BCUT2D eigenvalue weighted by Crippen LogP contribution is -2.10. The average Bonchev–Trinajstić information content (AvgIpc) is 3.05. The number of furan rings is 1. The van der Waals surface area contributed by atoms with Gasteiger partial charge in [0.15, 0.2) is 11.7 Å². The van der Waals surface area contributed by atoms with Gasteiger partial charge in [0.25, 0.3) is 0 Å². The van der Waals surface area contributed by atoms with Gasteiger partial charge >= 0.3 is 0 Å². The maximum Gasteiger partial charge on any atom is 0.223 e. The van der Waals surface area contributed by atoms with Crippen LogP contribution in [0.3, 0.4) is 0 Å². The molecule has 0 fully saturated rings. The van der Waals surface area contributed by atoms with Crippen molar-refractivity contribution in [2.75, 3.05) is 0 Å². The van der Waals surface area contributed by atoms with E-state index in [4.69, 9.17) is 4.42 Å². The van der Waals surface area contributed by atoms with Crippen molar-refractivity contribution < 1.29 is 9.21 Å². The number of hydrogen-bond donors (Lipinski definition) is 0. The molecule has 2 aromatic heterocycles. The molecule has 20 heavy (non-hydrogen) atoms. The number of Topliss-reactive ketones (excluding diaryl/α,β-unsaturated/α-hetero) is 1. The Bertz CT molecular complexity index is 798. The average molecular weight is 347 g/mol. The van der Waals surface area contributed by atoms with Crippen molar-refractivity contribution in [3.05, 3.63) is 51.8 Å². The largest absolute Gasteiger partial charge is 0.460 e. The van der Waals surface area contributed by atoms with Crippen LogP contribution in [0, 0.1) is 11.3 Å². The van der Waals surface area contributed by atoms with Crippen LogP contribution >= 0.6 is 27.3 Å². The van der Waals surface area contributed by atoms with E-state index in [2.05, 4.69) is 20.9 Å². The van der Waals surface area contributed by atoms with Crippen LogP contribution < -0.4 is 0 Å². The van der Waals surface area contributed by atoms with Crippen molar-refractivity contribution >= 4 is 43.3 Å². The fourth-order valence-corrected chi connectivity index (χ4v) is 3.25. The lowest BCUT2D eigenvalue weighted by molar-refractivity contribution is 0.0951. The van der Waals surface area contributed by atoms with Crippen LogP contribution in [0.5, 0.6) is 0 Å². The van der Waals surface area contributed by atoms with Gasteiger partial charge in [0.1, 0.15) is 5.01 Å². The maximum atomic E-state index is 12.4. The van der Waals surface area contributed by atoms with E-state index in [-0.39, 0.29) is 11.5 Å². The first-order valence-electron chi connectivity index (χ1n) is 5.73. The molecule has 0 radical (unpaired) electrons. The molecule has 0 spiro atoms. The lowest BCUT2D eigenvalue weighted by Gasteiger charge is -2.02. The summed E-state index contributed by atoms with van der Waals surface area (Å²) in [5, 5.41) is 9.79. The molecule has 1 atom stereocenters. The summed E-state index contributed by atoms with van der Waals surface area (Å²) in [4.78, 5) is 16.7. The van der Waals surface area contributed by atoms with E-state index < -0.39 is 5.92 Å². The molecule has 1 aromatic carbocycles. The number of fused-ring (bicyclic) bond motifs is 1. The molecule has 0 aliphatic heterocycles. The highest BCUT2D eigenvalue weighted by Crippen LogP contribution is 2.31. The van der Waals surface area contributed by atoms with Crippen molar-refractivity contribution in [1.82, 2.24) is 4.98 Å². The lowest BCUT2D eigenvalue weighted by atomic mass is 10.1. The summed E-state index contributed by atoms with van der Waals surface area (Å²) < 4.78 is 6.63. The number of nitriles is 1. The van der Waals surface area contributed by atoms with Crippen LogP contribution in [0.2, 0.25) is 0 Å². The Kier molecular flexibility index (Phi) is 3.38. The first-order chi connectivity index (χ1) is 9.70. The molecule has 6 heteroatoms. The van der Waals surface area contributed by atoms with Crippen molar-refractivity contribution in [2.45, 2.75) is 5.92 Å². The van der Waals surface area contributed by atoms with Gasteiger partial charge in [-0.1, -0.05) is 12.1 Å². The predicted molar refractivity (Wildman–Crippen MR) is 78.7 cm³/mol. The summed E-state index contributed by atoms with van der Waals surface area (Å²) in [5.41, 5.74) is 0.791. The van der Waals surface area contributed by atoms with Gasteiger partial charge < -0.3 is 4.42 Å². The summed E-state index contributed by atoms with van der Waals surface area (Å²) in [5.74, 6) is -1.19. The van der Waals surface area contributed by atoms with E-state index in [1.165, 1.54) is 17.6 Å². The fraction of sp³-hybridized carbons (Fsp3) is 0.0714. The van der Waals surface area contributed by atoms with Crippen LogP contribution in [0.15, 0.2) is 45.5 Å². The van der Waals surface area contributed by atoms with Crippen LogP contribution in [0.1, 0.15) is 21.5 Å². The molecular weight excluding hydrogens is 340 g/mol. The number of hydrogen-bond acceptors (Lipinski definition) is 5. The molecule has 0 aliphatic carbocycles. The Hall–Kier alpha value is -1.97. The quantitative estimate of drug-likeness (QED) is 0.668. The molecule has 4 nitrogen and oxygen atoms in total. The minimum Gasteiger partial charge on any atom is -0.460 e. The fourth-order valence-electron chi connectivity index (χ4n) is 1.84. The number of carbonyl (C=O) groups is 1. The summed E-state index contributed by atoms with van der Waals surface area (Å²) in [7, 11) is 0. The first kappa shape index (κ1) is 13.0. The molecule has 0 unspecified atom stereocenters. The number of benzene rings is 1. The van der Waals surface area contributed by atoms with E-state index in [1.54, 1.807) is 6.07 Å². The van der Waals surface area contributed by atoms with Gasteiger partial charge in [0.2, 0.25) is 5.78 Å². The van der Waals surface area contributed by atoms with Crippen molar-refractivity contribution in [3.63, 3.8) is 0 Å². The summed E-state index contributed by atoms with van der Waals surface area (Å²) in [6, 6.07) is 11.2. The van der Waals surface area contributed by atoms with Crippen LogP contribution in [0.4, 0.5) is 0 Å². The van der Waals surface area contributed by atoms with Crippen molar-refractivity contribution in [3.8, 4) is 6.07 Å². The van der Waals surface area contributed by atoms with Gasteiger partial charge in [-0.05, 0) is 34.1 Å². The van der Waals surface area contributed by atoms with E-state index >= 15 is 0 Å². The molecule has 0 bridgehead atoms. The van der Waals surface area contributed by atoms with Gasteiger partial charge in [-0.3, -0.25) is 4.79 Å². The second kappa shape index (κ2) is 5.19. The predicted octanol–water partition coefficient (Wildman–Crippen LogP) is 4.14. The number of halogens is 1. The highest BCUT2D eigenvalue weighted by molar-refractivity contribution is 9.10. The monoisotopic (exact) mass is 346 g/mol. The molecule has 0 saturated carbocycles. The summed E-state index contributed by atoms with van der Waals surface area (Å²) >= 11 is 4.58. The highest BCUT2D eigenvalue weighted by Gasteiger charge is 2.28. The summed E-state index contributed by atoms with van der Waals surface area (Å²) in [6.07, 6.45) is 1.41. The van der Waals surface area contributed by atoms with Gasteiger partial charge in [-0.15, -0.1) is 11.3 Å². The normalized spacial score (nSPS) is 12.2. The van der Waals surface area contributed by atoms with Gasteiger partial charge in [-0.2, -0.15) is 5.26 Å². The van der Waals surface area contributed by atoms with E-state index in [9.17, 15) is 10.1 Å². The smallest absolute Gasteiger partial charge is 0.223 e. The molecule has 2 heterocycles. The first-order valence-corrected chi connectivity index (χ1v) is 7.34. The Labute approximate surface area is 126 Å². The third-order valence-corrected chi connectivity index (χ3v) is 4.52. The zero-order valence-corrected chi connectivity index (χ0v) is 12.4. The zero-order valence-electron chi connectivity index (χ0n) is 10.0. The topological polar surface area (TPSA) is 66.9 Å². The number of rotatable bonds is 3. The van der Waals surface area contributed by atoms with Crippen molar-refractivity contribution in [1.29, 1.82) is 5.26 Å². The molecule has 0 aliphatic rings. The van der Waals surface area contributed by atoms with Gasteiger partial charge in [0, 0.05) is 0 Å². The number of nitrogens with zero attached hydrogens (tertiary/aromatic N) is 2. The minimum atomic E-state index is -0.949. The maximum absolute atomic E-state index is 12.4. The Morgan fingerprint density at radius 3 is 2.85 bits per heavy atom. The Morgan fingerprint density at radius 2 is 2.20 bits per heavy atom. The molecule has 0 N–H and O–H groups in total. The second-order valence-corrected chi connectivity index (χ2v) is 5.96. The second-order valence-electron chi connectivity index (χ2n) is 4.04. The number of carbonyl (C=O) groups excluding carboxylic acids is 1. The van der Waals surface area contributed by atoms with Crippen molar-refractivity contribution in [2.24, 2.45) is 0 Å². The van der Waals surface area contributed by atoms with E-state index in [0.29, 0.717) is 9.48 Å². The number of ketones is 1. The number of thiazole rings is 1. The Balaban J connectivity index is 2.04. The standard InChI is InChI=1S/C14H7BrN2O2S/c15-9-5-6-19-13(9)12(18)8(7-16)14-17-10-3-1-2-4-11(10)20-14/h1-6,8H/t8-/m1/s1. The van der Waals surface area contributed by atoms with Crippen LogP contribution in [0.25, 0.3) is 10.2 Å². The molecule has 3 aromatic rings. The summed E-state index contributed by atoms with van der Waals surface area (Å²) in [6.45, 7) is 0. The van der Waals surface area contributed by atoms with E-state index in [1.807, 2.05) is 30.3 Å². The number of aromatic nitrogens is 1. The van der Waals surface area contributed by atoms with Crippen LogP contribution in [-0.2, 0) is 0 Å². The highest BCUT2D eigenvalue weighted by atomic mass is 79.9. The van der Waals surface area contributed by atoms with Gasteiger partial charge in [-0.25, -0.2) is 4.98 Å². The zero-order chi connectivity index (χ0) is 14.1. The van der Waals surface area contributed by atoms with Gasteiger partial charge in [0.05, 0.1) is 27.0 Å². The molecule has 0 amide bonds. The molecule has 3 rings (SSSR count). The van der Waals surface area contributed by atoms with E-state index in [0.717, 1.165) is 10.2 Å². The minimum absolute atomic E-state index is 0.149. The Morgan fingerprint density at radius 1 is 1.40 bits per heavy atom. The third-order valence-electron chi connectivity index (χ3n) is 2.79. The molecule has 0 saturated heterocycles.